The summed E-state index contributed by atoms with van der Waals surface area (Å²) in [6.45, 7) is 5.02. The molecule has 0 aliphatic heterocycles. The third-order valence-corrected chi connectivity index (χ3v) is 6.51. The highest BCUT2D eigenvalue weighted by atomic mass is 32.2. The van der Waals surface area contributed by atoms with E-state index in [-0.39, 0.29) is 22.4 Å². The summed E-state index contributed by atoms with van der Waals surface area (Å²) >= 11 is 0. The molecule has 0 radical (unpaired) electrons. The van der Waals surface area contributed by atoms with Crippen LogP contribution in [0.3, 0.4) is 0 Å². The Bertz CT molecular complexity index is 969. The molecule has 150 valence electrons. The largest absolute Gasteiger partial charge is 0.322 e. The molecule has 2 aromatic rings. The molecule has 0 atom stereocenters. The Labute approximate surface area is 166 Å². The Kier molecular flexibility index (Phi) is 6.58. The molecule has 0 aromatic heterocycles. The quantitative estimate of drug-likeness (QED) is 0.803. The second-order valence-electron chi connectivity index (χ2n) is 6.72. The minimum Gasteiger partial charge on any atom is -0.322 e. The lowest BCUT2D eigenvalue weighted by Crippen LogP contribution is -2.33. The second kappa shape index (κ2) is 8.53. The molecule has 0 fully saturated rings. The molecule has 0 aliphatic rings. The fourth-order valence-corrected chi connectivity index (χ4v) is 3.81. The van der Waals surface area contributed by atoms with E-state index in [4.69, 9.17) is 0 Å². The van der Waals surface area contributed by atoms with Crippen LogP contribution in [-0.2, 0) is 14.8 Å². The average molecular weight is 404 g/mol. The van der Waals surface area contributed by atoms with Crippen LogP contribution in [0.4, 0.5) is 11.4 Å². The molecule has 2 aromatic carbocycles. The Morgan fingerprint density at radius 3 is 2.14 bits per heavy atom. The van der Waals surface area contributed by atoms with Gasteiger partial charge in [0.2, 0.25) is 15.9 Å². The van der Waals surface area contributed by atoms with E-state index < -0.39 is 15.9 Å². The first-order valence-corrected chi connectivity index (χ1v) is 10.2. The molecule has 0 saturated carbocycles. The van der Waals surface area contributed by atoms with Crippen molar-refractivity contribution in [3.05, 3.63) is 54.1 Å². The maximum atomic E-state index is 12.6. The van der Waals surface area contributed by atoms with E-state index in [1.807, 2.05) is 0 Å². The first-order valence-electron chi connectivity index (χ1n) is 8.78. The van der Waals surface area contributed by atoms with Crippen LogP contribution in [0.1, 0.15) is 31.1 Å². The summed E-state index contributed by atoms with van der Waals surface area (Å²) in [4.78, 5) is 25.5. The van der Waals surface area contributed by atoms with E-state index in [2.05, 4.69) is 5.32 Å². The van der Waals surface area contributed by atoms with Gasteiger partial charge in [0, 0.05) is 44.0 Å². The summed E-state index contributed by atoms with van der Waals surface area (Å²) in [5.74, 6) is -0.516. The number of anilines is 2. The van der Waals surface area contributed by atoms with Crippen molar-refractivity contribution < 1.29 is 18.0 Å². The van der Waals surface area contributed by atoms with Crippen LogP contribution in [0.5, 0.6) is 0 Å². The van der Waals surface area contributed by atoms with E-state index >= 15 is 0 Å². The molecule has 28 heavy (non-hydrogen) atoms. The van der Waals surface area contributed by atoms with Crippen LogP contribution >= 0.6 is 0 Å². The van der Waals surface area contributed by atoms with Crippen LogP contribution in [0, 0.1) is 0 Å². The van der Waals surface area contributed by atoms with Crippen molar-refractivity contribution in [1.82, 2.24) is 4.31 Å². The van der Waals surface area contributed by atoms with E-state index in [0.29, 0.717) is 11.4 Å². The van der Waals surface area contributed by atoms with Gasteiger partial charge in [-0.2, -0.15) is 4.31 Å². The molecule has 2 amide bonds. The minimum atomic E-state index is -3.67. The number of nitrogens with zero attached hydrogens (tertiary/aromatic N) is 2. The first kappa shape index (κ1) is 21.6. The van der Waals surface area contributed by atoms with Crippen LogP contribution in [-0.4, -0.2) is 44.7 Å². The molecule has 2 rings (SSSR count). The van der Waals surface area contributed by atoms with Crippen LogP contribution in [0.25, 0.3) is 0 Å². The van der Waals surface area contributed by atoms with Crippen molar-refractivity contribution >= 4 is 33.2 Å². The van der Waals surface area contributed by atoms with Gasteiger partial charge in [-0.1, -0.05) is 6.07 Å². The number of benzene rings is 2. The monoisotopic (exact) mass is 403 g/mol. The summed E-state index contributed by atoms with van der Waals surface area (Å²) in [6.07, 6.45) is 0. The maximum absolute atomic E-state index is 12.6. The lowest BCUT2D eigenvalue weighted by Gasteiger charge is -2.21. The number of sulfonamides is 1. The molecule has 0 heterocycles. The predicted octanol–water partition coefficient (Wildman–Crippen LogP) is 2.95. The normalized spacial score (nSPS) is 11.5. The number of amides is 2. The number of rotatable bonds is 6. The summed E-state index contributed by atoms with van der Waals surface area (Å²) in [7, 11) is -0.505. The SMILES string of the molecule is CC(=O)N(C)c1ccc(NC(=O)c2cccc(S(=O)(=O)N(C)C(C)C)c2)cc1. The van der Waals surface area contributed by atoms with E-state index in [1.54, 1.807) is 57.3 Å². The summed E-state index contributed by atoms with van der Waals surface area (Å²) in [5.41, 5.74) is 1.48. The number of hydrogen-bond acceptors (Lipinski definition) is 4. The molecule has 7 nitrogen and oxygen atoms in total. The molecule has 0 aliphatic carbocycles. The van der Waals surface area contributed by atoms with Crippen molar-refractivity contribution in [3.63, 3.8) is 0 Å². The molecular formula is C20H25N3O4S. The van der Waals surface area contributed by atoms with Gasteiger partial charge in [-0.25, -0.2) is 8.42 Å². The highest BCUT2D eigenvalue weighted by Gasteiger charge is 2.24. The molecule has 0 bridgehead atoms. The van der Waals surface area contributed by atoms with E-state index in [9.17, 15) is 18.0 Å². The van der Waals surface area contributed by atoms with Crippen molar-refractivity contribution in [2.45, 2.75) is 31.7 Å². The van der Waals surface area contributed by atoms with Gasteiger partial charge >= 0.3 is 0 Å². The molecule has 0 spiro atoms. The van der Waals surface area contributed by atoms with Crippen LogP contribution in [0.2, 0.25) is 0 Å². The van der Waals surface area contributed by atoms with Gasteiger partial charge in [-0.05, 0) is 56.3 Å². The van der Waals surface area contributed by atoms with E-state index in [1.165, 1.54) is 35.3 Å². The predicted molar refractivity (Wildman–Crippen MR) is 110 cm³/mol. The van der Waals surface area contributed by atoms with Gasteiger partial charge in [-0.3, -0.25) is 9.59 Å². The van der Waals surface area contributed by atoms with Gasteiger partial charge in [-0.15, -0.1) is 0 Å². The van der Waals surface area contributed by atoms with Crippen molar-refractivity contribution in [1.29, 1.82) is 0 Å². The zero-order valence-electron chi connectivity index (χ0n) is 16.6. The van der Waals surface area contributed by atoms with Crippen LogP contribution in [0.15, 0.2) is 53.4 Å². The fraction of sp³-hybridized carbons (Fsp3) is 0.300. The van der Waals surface area contributed by atoms with Gasteiger partial charge < -0.3 is 10.2 Å². The summed E-state index contributed by atoms with van der Waals surface area (Å²) < 4.78 is 26.5. The maximum Gasteiger partial charge on any atom is 0.255 e. The molecular weight excluding hydrogens is 378 g/mol. The highest BCUT2D eigenvalue weighted by molar-refractivity contribution is 7.89. The third-order valence-electron chi connectivity index (χ3n) is 4.49. The Morgan fingerprint density at radius 2 is 1.61 bits per heavy atom. The summed E-state index contributed by atoms with van der Waals surface area (Å²) in [5, 5.41) is 2.73. The third kappa shape index (κ3) is 4.76. The smallest absolute Gasteiger partial charge is 0.255 e. The zero-order valence-corrected chi connectivity index (χ0v) is 17.4. The highest BCUT2D eigenvalue weighted by Crippen LogP contribution is 2.20. The number of carbonyl (C=O) groups excluding carboxylic acids is 2. The number of hydrogen-bond donors (Lipinski definition) is 1. The number of nitrogens with one attached hydrogen (secondary N) is 1. The van der Waals surface area contributed by atoms with Crippen molar-refractivity contribution in [2.24, 2.45) is 0 Å². The Balaban J connectivity index is 2.21. The van der Waals surface area contributed by atoms with E-state index in [0.717, 1.165) is 0 Å². The van der Waals surface area contributed by atoms with Gasteiger partial charge in [0.05, 0.1) is 4.90 Å². The molecule has 8 heteroatoms. The van der Waals surface area contributed by atoms with Gasteiger partial charge in [0.25, 0.3) is 5.91 Å². The second-order valence-corrected chi connectivity index (χ2v) is 8.72. The lowest BCUT2D eigenvalue weighted by atomic mass is 10.2. The van der Waals surface area contributed by atoms with Crippen LogP contribution < -0.4 is 10.2 Å². The zero-order chi connectivity index (χ0) is 21.1. The summed E-state index contributed by atoms with van der Waals surface area (Å²) in [6, 6.07) is 12.5. The standard InChI is InChI=1S/C20H25N3O4S/c1-14(2)23(5)28(26,27)19-8-6-7-16(13-19)20(25)21-17-9-11-18(12-10-17)22(4)15(3)24/h6-14H,1-5H3,(H,21,25). The fourth-order valence-electron chi connectivity index (χ4n) is 2.40. The average Bonchev–Trinajstić information content (AvgIpc) is 2.67. The Morgan fingerprint density at radius 1 is 1.00 bits per heavy atom. The lowest BCUT2D eigenvalue weighted by molar-refractivity contribution is -0.116. The number of carbonyl (C=O) groups is 2. The van der Waals surface area contributed by atoms with Gasteiger partial charge in [0.1, 0.15) is 0 Å². The minimum absolute atomic E-state index is 0.0646. The Hall–Kier alpha value is -2.71. The topological polar surface area (TPSA) is 86.8 Å². The van der Waals surface area contributed by atoms with Crippen molar-refractivity contribution in [2.75, 3.05) is 24.3 Å². The van der Waals surface area contributed by atoms with Gasteiger partial charge in [0.15, 0.2) is 0 Å². The molecule has 1 N–H and O–H groups in total. The first-order chi connectivity index (χ1) is 13.0. The molecule has 0 unspecified atom stereocenters. The molecule has 0 saturated heterocycles. The van der Waals surface area contributed by atoms with Crippen molar-refractivity contribution in [3.8, 4) is 0 Å².